The Hall–Kier alpha value is -0.350. The Morgan fingerprint density at radius 3 is 2.58 bits per heavy atom. The topological polar surface area (TPSA) is 38.0 Å². The van der Waals surface area contributed by atoms with Gasteiger partial charge < -0.3 is 5.11 Å². The average molecular weight is 233 g/mol. The van der Waals surface area contributed by atoms with Crippen molar-refractivity contribution >= 4 is 15.9 Å². The van der Waals surface area contributed by atoms with Crippen molar-refractivity contribution in [1.82, 2.24) is 9.78 Å². The van der Waals surface area contributed by atoms with Gasteiger partial charge in [-0.05, 0) is 36.7 Å². The van der Waals surface area contributed by atoms with Crippen molar-refractivity contribution in [3.05, 3.63) is 16.4 Å². The van der Waals surface area contributed by atoms with Crippen LogP contribution >= 0.6 is 15.9 Å². The van der Waals surface area contributed by atoms with Crippen LogP contribution in [0.3, 0.4) is 0 Å². The maximum Gasteiger partial charge on any atom is 0.107 e. The van der Waals surface area contributed by atoms with Crippen LogP contribution < -0.4 is 0 Å². The van der Waals surface area contributed by atoms with E-state index in [-0.39, 0.29) is 0 Å². The Morgan fingerprint density at radius 1 is 1.67 bits per heavy atom. The van der Waals surface area contributed by atoms with E-state index in [4.69, 9.17) is 0 Å². The summed E-state index contributed by atoms with van der Waals surface area (Å²) in [4.78, 5) is 0. The number of hydrogen-bond acceptors (Lipinski definition) is 2. The zero-order valence-electron chi connectivity index (χ0n) is 7.50. The van der Waals surface area contributed by atoms with E-state index in [1.807, 2.05) is 6.92 Å². The molecule has 0 amide bonds. The first kappa shape index (κ1) is 9.74. The fraction of sp³-hybridized carbons (Fsp3) is 0.625. The highest BCUT2D eigenvalue weighted by Crippen LogP contribution is 2.17. The van der Waals surface area contributed by atoms with Gasteiger partial charge in [-0.25, -0.2) is 0 Å². The molecule has 68 valence electrons. The van der Waals surface area contributed by atoms with Gasteiger partial charge in [-0.15, -0.1) is 0 Å². The fourth-order valence-corrected chi connectivity index (χ4v) is 1.26. The van der Waals surface area contributed by atoms with Crippen LogP contribution in [-0.2, 0) is 6.54 Å². The minimum absolute atomic E-state index is 0.501. The quantitative estimate of drug-likeness (QED) is 0.844. The Bertz CT molecular complexity index is 275. The molecule has 12 heavy (non-hydrogen) atoms. The fourth-order valence-electron chi connectivity index (χ4n) is 0.941. The number of aliphatic hydroxyl groups is 1. The van der Waals surface area contributed by atoms with E-state index in [2.05, 4.69) is 21.0 Å². The molecule has 4 heteroatoms. The maximum absolute atomic E-state index is 9.52. The van der Waals surface area contributed by atoms with Crippen LogP contribution in [0, 0.1) is 6.92 Å². The molecule has 1 rings (SSSR count). The molecule has 1 N–H and O–H groups in total. The highest BCUT2D eigenvalue weighted by atomic mass is 79.9. The summed E-state index contributed by atoms with van der Waals surface area (Å²) in [6.45, 7) is 5.99. The van der Waals surface area contributed by atoms with Gasteiger partial charge in [-0.2, -0.15) is 5.10 Å². The van der Waals surface area contributed by atoms with Crippen LogP contribution in [0.4, 0.5) is 0 Å². The predicted octanol–water partition coefficient (Wildman–Crippen LogP) is 1.72. The third-order valence-corrected chi connectivity index (χ3v) is 2.51. The summed E-state index contributed by atoms with van der Waals surface area (Å²) in [7, 11) is 0. The monoisotopic (exact) mass is 232 g/mol. The van der Waals surface area contributed by atoms with Crippen LogP contribution in [0.5, 0.6) is 0 Å². The van der Waals surface area contributed by atoms with Gasteiger partial charge in [0.15, 0.2) is 0 Å². The number of aryl methyl sites for hydroxylation is 1. The molecule has 0 aliphatic rings. The largest absolute Gasteiger partial charge is 0.389 e. The summed E-state index contributed by atoms with van der Waals surface area (Å²) in [5.74, 6) is 0. The van der Waals surface area contributed by atoms with Crippen LogP contribution in [0.15, 0.2) is 10.8 Å². The zero-order chi connectivity index (χ0) is 9.35. The van der Waals surface area contributed by atoms with Crippen LogP contribution in [0.1, 0.15) is 19.4 Å². The molecule has 0 saturated heterocycles. The second-order valence-corrected chi connectivity index (χ2v) is 4.34. The zero-order valence-corrected chi connectivity index (χ0v) is 9.09. The molecular weight excluding hydrogens is 220 g/mol. The molecular formula is C8H13BrN2O. The van der Waals surface area contributed by atoms with Crippen LogP contribution in [0.25, 0.3) is 0 Å². The predicted molar refractivity (Wildman–Crippen MR) is 51.0 cm³/mol. The third kappa shape index (κ3) is 2.32. The van der Waals surface area contributed by atoms with E-state index >= 15 is 0 Å². The lowest BCUT2D eigenvalue weighted by Gasteiger charge is -2.17. The molecule has 0 fully saturated rings. The molecule has 3 nitrogen and oxygen atoms in total. The highest BCUT2D eigenvalue weighted by molar-refractivity contribution is 9.10. The van der Waals surface area contributed by atoms with Gasteiger partial charge in [-0.1, -0.05) is 0 Å². The Labute approximate surface area is 80.5 Å². The standard InChI is InChI=1S/C8H13BrN2O/c1-6-4-10-11(7(6)9)5-8(2,3)12/h4,12H,5H2,1-3H3. The molecule has 1 heterocycles. The van der Waals surface area contributed by atoms with Crippen molar-refractivity contribution in [2.24, 2.45) is 0 Å². The summed E-state index contributed by atoms with van der Waals surface area (Å²) in [5.41, 5.74) is 0.361. The second kappa shape index (κ2) is 3.18. The number of rotatable bonds is 2. The van der Waals surface area contributed by atoms with Gasteiger partial charge in [0.1, 0.15) is 4.60 Å². The van der Waals surface area contributed by atoms with Gasteiger partial charge in [0.25, 0.3) is 0 Å². The second-order valence-electron chi connectivity index (χ2n) is 3.59. The number of aromatic nitrogens is 2. The molecule has 0 aromatic carbocycles. The number of halogens is 1. The summed E-state index contributed by atoms with van der Waals surface area (Å²) in [6, 6.07) is 0. The normalized spacial score (nSPS) is 12.1. The lowest BCUT2D eigenvalue weighted by molar-refractivity contribution is 0.0570. The first-order valence-electron chi connectivity index (χ1n) is 3.80. The summed E-state index contributed by atoms with van der Waals surface area (Å²) in [5, 5.41) is 13.6. The van der Waals surface area contributed by atoms with E-state index in [1.54, 1.807) is 24.7 Å². The van der Waals surface area contributed by atoms with E-state index in [9.17, 15) is 5.11 Å². The molecule has 1 aromatic rings. The summed E-state index contributed by atoms with van der Waals surface area (Å²) < 4.78 is 2.68. The van der Waals surface area contributed by atoms with Crippen molar-refractivity contribution < 1.29 is 5.11 Å². The summed E-state index contributed by atoms with van der Waals surface area (Å²) in [6.07, 6.45) is 1.77. The lowest BCUT2D eigenvalue weighted by Crippen LogP contribution is -2.26. The Morgan fingerprint density at radius 2 is 2.25 bits per heavy atom. The SMILES string of the molecule is Cc1cnn(CC(C)(C)O)c1Br. The van der Waals surface area contributed by atoms with E-state index in [0.717, 1.165) is 10.2 Å². The number of nitrogens with zero attached hydrogens (tertiary/aromatic N) is 2. The van der Waals surface area contributed by atoms with Crippen molar-refractivity contribution in [2.75, 3.05) is 0 Å². The van der Waals surface area contributed by atoms with Gasteiger partial charge in [0.2, 0.25) is 0 Å². The van der Waals surface area contributed by atoms with E-state index < -0.39 is 5.60 Å². The average Bonchev–Trinajstić information content (AvgIpc) is 2.16. The molecule has 0 saturated carbocycles. The van der Waals surface area contributed by atoms with Crippen LogP contribution in [-0.4, -0.2) is 20.5 Å². The smallest absolute Gasteiger partial charge is 0.107 e. The van der Waals surface area contributed by atoms with Crippen molar-refractivity contribution in [3.63, 3.8) is 0 Å². The number of hydrogen-bond donors (Lipinski definition) is 1. The van der Waals surface area contributed by atoms with Gasteiger partial charge >= 0.3 is 0 Å². The molecule has 1 aromatic heterocycles. The van der Waals surface area contributed by atoms with E-state index in [0.29, 0.717) is 6.54 Å². The molecule has 0 spiro atoms. The van der Waals surface area contributed by atoms with Gasteiger partial charge in [0.05, 0.1) is 18.3 Å². The molecule has 0 aliphatic heterocycles. The van der Waals surface area contributed by atoms with E-state index in [1.165, 1.54) is 0 Å². The van der Waals surface area contributed by atoms with Crippen molar-refractivity contribution in [2.45, 2.75) is 32.9 Å². The van der Waals surface area contributed by atoms with Gasteiger partial charge in [-0.3, -0.25) is 4.68 Å². The first-order valence-corrected chi connectivity index (χ1v) is 4.60. The molecule has 0 atom stereocenters. The van der Waals surface area contributed by atoms with Gasteiger partial charge in [0, 0.05) is 5.56 Å². The molecule has 0 radical (unpaired) electrons. The minimum atomic E-state index is -0.721. The molecule has 0 bridgehead atoms. The third-order valence-electron chi connectivity index (χ3n) is 1.48. The van der Waals surface area contributed by atoms with Crippen LogP contribution in [0.2, 0.25) is 0 Å². The Kier molecular flexibility index (Phi) is 2.58. The lowest BCUT2D eigenvalue weighted by atomic mass is 10.1. The first-order chi connectivity index (χ1) is 5.40. The summed E-state index contributed by atoms with van der Waals surface area (Å²) >= 11 is 3.39. The maximum atomic E-state index is 9.52. The molecule has 0 unspecified atom stereocenters. The van der Waals surface area contributed by atoms with Crippen molar-refractivity contribution in [1.29, 1.82) is 0 Å². The minimum Gasteiger partial charge on any atom is -0.389 e. The van der Waals surface area contributed by atoms with Crippen molar-refractivity contribution in [3.8, 4) is 0 Å². The highest BCUT2D eigenvalue weighted by Gasteiger charge is 2.15. The Balaban J connectivity index is 2.83. The molecule has 0 aliphatic carbocycles.